The zero-order chi connectivity index (χ0) is 13.0. The summed E-state index contributed by atoms with van der Waals surface area (Å²) < 4.78 is 13.6. The molecule has 1 unspecified atom stereocenters. The molecule has 1 aliphatic carbocycles. The minimum Gasteiger partial charge on any atom is -0.396 e. The maximum absolute atomic E-state index is 13.6. The van der Waals surface area contributed by atoms with Gasteiger partial charge in [-0.15, -0.1) is 0 Å². The summed E-state index contributed by atoms with van der Waals surface area (Å²) in [6, 6.07) is 7.59. The van der Waals surface area contributed by atoms with E-state index in [0.29, 0.717) is 17.9 Å². The van der Waals surface area contributed by atoms with Gasteiger partial charge < -0.3 is 10.4 Å². The lowest BCUT2D eigenvalue weighted by Crippen LogP contribution is -2.42. The molecular formula is C15H22FNO. The molecule has 1 aromatic carbocycles. The van der Waals surface area contributed by atoms with E-state index in [1.54, 1.807) is 12.1 Å². The first-order valence-electron chi connectivity index (χ1n) is 6.79. The molecular weight excluding hydrogens is 229 g/mol. The van der Waals surface area contributed by atoms with Gasteiger partial charge in [-0.2, -0.15) is 0 Å². The fourth-order valence-corrected chi connectivity index (χ4v) is 2.53. The van der Waals surface area contributed by atoms with Gasteiger partial charge in [-0.25, -0.2) is 4.39 Å². The third-order valence-corrected chi connectivity index (χ3v) is 3.86. The second-order valence-electron chi connectivity index (χ2n) is 5.41. The topological polar surface area (TPSA) is 32.3 Å². The van der Waals surface area contributed by atoms with E-state index in [1.807, 2.05) is 12.1 Å². The Kier molecular flexibility index (Phi) is 4.72. The van der Waals surface area contributed by atoms with Gasteiger partial charge in [-0.1, -0.05) is 25.1 Å². The van der Waals surface area contributed by atoms with Gasteiger partial charge in [-0.3, -0.25) is 0 Å². The maximum Gasteiger partial charge on any atom is 0.126 e. The molecule has 0 amide bonds. The summed E-state index contributed by atoms with van der Waals surface area (Å²) in [5, 5.41) is 12.3. The van der Waals surface area contributed by atoms with Gasteiger partial charge in [0.15, 0.2) is 0 Å². The molecule has 18 heavy (non-hydrogen) atoms. The molecule has 0 aliphatic heterocycles. The highest BCUT2D eigenvalue weighted by Gasteiger charge is 2.31. The molecule has 0 radical (unpaired) electrons. The van der Waals surface area contributed by atoms with Crippen molar-refractivity contribution >= 4 is 0 Å². The van der Waals surface area contributed by atoms with Crippen LogP contribution in [0.4, 0.5) is 4.39 Å². The third kappa shape index (κ3) is 3.30. The molecule has 0 heterocycles. The van der Waals surface area contributed by atoms with E-state index < -0.39 is 0 Å². The van der Waals surface area contributed by atoms with Crippen molar-refractivity contribution in [3.8, 4) is 0 Å². The van der Waals surface area contributed by atoms with Crippen LogP contribution in [0, 0.1) is 11.7 Å². The van der Waals surface area contributed by atoms with Crippen LogP contribution in [0.3, 0.4) is 0 Å². The highest BCUT2D eigenvalue weighted by Crippen LogP contribution is 2.37. The molecule has 1 aromatic rings. The summed E-state index contributed by atoms with van der Waals surface area (Å²) in [6.45, 7) is 3.33. The molecule has 2 nitrogen and oxygen atoms in total. The van der Waals surface area contributed by atoms with Crippen LogP contribution in [-0.2, 0) is 0 Å². The third-order valence-electron chi connectivity index (χ3n) is 3.86. The van der Waals surface area contributed by atoms with Crippen LogP contribution in [0.25, 0.3) is 0 Å². The van der Waals surface area contributed by atoms with E-state index in [4.69, 9.17) is 5.11 Å². The number of aliphatic hydroxyl groups excluding tert-OH is 1. The first kappa shape index (κ1) is 13.5. The summed E-state index contributed by atoms with van der Waals surface area (Å²) in [6.07, 6.45) is 2.88. The number of nitrogens with one attached hydrogen (secondary N) is 1. The molecule has 0 aromatic heterocycles. The standard InChI is InChI=1S/C15H22FNO/c1-11(6-7-18)10-17-13-8-12(9-13)14-4-2-3-5-15(14)16/h2-5,11-13,17-18H,6-10H2,1H3. The zero-order valence-electron chi connectivity index (χ0n) is 10.9. The van der Waals surface area contributed by atoms with E-state index in [9.17, 15) is 4.39 Å². The highest BCUT2D eigenvalue weighted by atomic mass is 19.1. The number of benzene rings is 1. The molecule has 1 saturated carbocycles. The predicted octanol–water partition coefficient (Wildman–Crippen LogP) is 2.68. The highest BCUT2D eigenvalue weighted by molar-refractivity contribution is 5.24. The normalized spacial score (nSPS) is 24.6. The molecule has 1 aliphatic rings. The van der Waals surface area contributed by atoms with Crippen LogP contribution in [0.1, 0.15) is 37.7 Å². The maximum atomic E-state index is 13.6. The fourth-order valence-electron chi connectivity index (χ4n) is 2.53. The second kappa shape index (κ2) is 6.30. The Hall–Kier alpha value is -0.930. The largest absolute Gasteiger partial charge is 0.396 e. The van der Waals surface area contributed by atoms with Gasteiger partial charge in [0.2, 0.25) is 0 Å². The first-order valence-corrected chi connectivity index (χ1v) is 6.79. The smallest absolute Gasteiger partial charge is 0.126 e. The quantitative estimate of drug-likeness (QED) is 0.814. The van der Waals surface area contributed by atoms with Crippen LogP contribution in [0.5, 0.6) is 0 Å². The fraction of sp³-hybridized carbons (Fsp3) is 0.600. The monoisotopic (exact) mass is 251 g/mol. The van der Waals surface area contributed by atoms with Crippen LogP contribution < -0.4 is 5.32 Å². The Balaban J connectivity index is 1.73. The lowest BCUT2D eigenvalue weighted by Gasteiger charge is -2.37. The number of hydrogen-bond acceptors (Lipinski definition) is 2. The average molecular weight is 251 g/mol. The average Bonchev–Trinajstić information content (AvgIpc) is 2.29. The van der Waals surface area contributed by atoms with Crippen molar-refractivity contribution in [1.82, 2.24) is 5.32 Å². The predicted molar refractivity (Wildman–Crippen MR) is 71.0 cm³/mol. The number of hydrogen-bond donors (Lipinski definition) is 2. The second-order valence-corrected chi connectivity index (χ2v) is 5.41. The van der Waals surface area contributed by atoms with Crippen LogP contribution in [-0.4, -0.2) is 24.3 Å². The summed E-state index contributed by atoms with van der Waals surface area (Å²) >= 11 is 0. The molecule has 1 fully saturated rings. The van der Waals surface area contributed by atoms with E-state index in [0.717, 1.165) is 31.4 Å². The molecule has 1 atom stereocenters. The van der Waals surface area contributed by atoms with Crippen LogP contribution >= 0.6 is 0 Å². The van der Waals surface area contributed by atoms with Gasteiger partial charge in [-0.05, 0) is 49.3 Å². The van der Waals surface area contributed by atoms with Crippen molar-refractivity contribution in [3.05, 3.63) is 35.6 Å². The number of aliphatic hydroxyl groups is 1. The first-order chi connectivity index (χ1) is 8.70. The lowest BCUT2D eigenvalue weighted by atomic mass is 9.75. The van der Waals surface area contributed by atoms with Crippen molar-refractivity contribution in [3.63, 3.8) is 0 Å². The van der Waals surface area contributed by atoms with E-state index >= 15 is 0 Å². The van der Waals surface area contributed by atoms with E-state index in [2.05, 4.69) is 12.2 Å². The summed E-state index contributed by atoms with van der Waals surface area (Å²) in [4.78, 5) is 0. The number of halogens is 1. The van der Waals surface area contributed by atoms with Crippen molar-refractivity contribution in [2.45, 2.75) is 38.1 Å². The molecule has 2 N–H and O–H groups in total. The summed E-state index contributed by atoms with van der Waals surface area (Å²) in [7, 11) is 0. The molecule has 100 valence electrons. The Morgan fingerprint density at radius 1 is 1.39 bits per heavy atom. The Morgan fingerprint density at radius 2 is 2.11 bits per heavy atom. The zero-order valence-corrected chi connectivity index (χ0v) is 10.9. The molecule has 0 saturated heterocycles. The SMILES string of the molecule is CC(CCO)CNC1CC(c2ccccc2F)C1. The van der Waals surface area contributed by atoms with Crippen LogP contribution in [0.15, 0.2) is 24.3 Å². The van der Waals surface area contributed by atoms with Gasteiger partial charge in [0.25, 0.3) is 0 Å². The van der Waals surface area contributed by atoms with Gasteiger partial charge in [0, 0.05) is 12.6 Å². The lowest BCUT2D eigenvalue weighted by molar-refractivity contribution is 0.239. The van der Waals surface area contributed by atoms with Crippen LogP contribution in [0.2, 0.25) is 0 Å². The molecule has 2 rings (SSSR count). The van der Waals surface area contributed by atoms with Crippen molar-refractivity contribution in [2.24, 2.45) is 5.92 Å². The van der Waals surface area contributed by atoms with E-state index in [1.165, 1.54) is 0 Å². The summed E-state index contributed by atoms with van der Waals surface area (Å²) in [5.41, 5.74) is 0.860. The van der Waals surface area contributed by atoms with Gasteiger partial charge in [0.1, 0.15) is 5.82 Å². The van der Waals surface area contributed by atoms with Gasteiger partial charge >= 0.3 is 0 Å². The molecule has 0 bridgehead atoms. The minimum atomic E-state index is -0.0744. The molecule has 3 heteroatoms. The van der Waals surface area contributed by atoms with Crippen molar-refractivity contribution in [1.29, 1.82) is 0 Å². The van der Waals surface area contributed by atoms with E-state index in [-0.39, 0.29) is 12.4 Å². The number of rotatable bonds is 6. The minimum absolute atomic E-state index is 0.0744. The molecule has 0 spiro atoms. The van der Waals surface area contributed by atoms with Crippen molar-refractivity contribution < 1.29 is 9.50 Å². The van der Waals surface area contributed by atoms with Gasteiger partial charge in [0.05, 0.1) is 0 Å². The summed E-state index contributed by atoms with van der Waals surface area (Å²) in [5.74, 6) is 0.800. The van der Waals surface area contributed by atoms with Crippen molar-refractivity contribution in [2.75, 3.05) is 13.2 Å². The Bertz CT molecular complexity index is 377. The Labute approximate surface area is 108 Å². The Morgan fingerprint density at radius 3 is 2.78 bits per heavy atom.